The van der Waals surface area contributed by atoms with Crippen molar-refractivity contribution in [3.05, 3.63) is 33.8 Å². The van der Waals surface area contributed by atoms with Crippen LogP contribution in [0.25, 0.3) is 0 Å². The highest BCUT2D eigenvalue weighted by molar-refractivity contribution is 9.10. The first-order valence-electron chi connectivity index (χ1n) is 5.30. The minimum absolute atomic E-state index is 0.180. The van der Waals surface area contributed by atoms with Gasteiger partial charge < -0.3 is 4.90 Å². The lowest BCUT2D eigenvalue weighted by Gasteiger charge is -2.14. The largest absolute Gasteiger partial charge is 0.334 e. The Morgan fingerprint density at radius 2 is 2.27 bits per heavy atom. The van der Waals surface area contributed by atoms with Crippen molar-refractivity contribution >= 4 is 21.8 Å². The van der Waals surface area contributed by atoms with E-state index in [1.54, 1.807) is 0 Å². The number of unbranched alkanes of at least 4 members (excludes halogenated alkanes) is 1. The molecule has 0 fully saturated rings. The molecule has 1 aromatic rings. The van der Waals surface area contributed by atoms with Crippen molar-refractivity contribution in [1.29, 1.82) is 0 Å². The molecule has 1 aliphatic rings. The zero-order valence-corrected chi connectivity index (χ0v) is 10.4. The van der Waals surface area contributed by atoms with Crippen molar-refractivity contribution in [3.8, 4) is 0 Å². The van der Waals surface area contributed by atoms with Gasteiger partial charge in [0, 0.05) is 23.1 Å². The van der Waals surface area contributed by atoms with Crippen molar-refractivity contribution in [2.75, 3.05) is 6.54 Å². The highest BCUT2D eigenvalue weighted by Crippen LogP contribution is 2.29. The SMILES string of the molecule is CCCCN1Cc2c(Br)cccc2C1=O. The summed E-state index contributed by atoms with van der Waals surface area (Å²) in [7, 11) is 0. The van der Waals surface area contributed by atoms with Crippen LogP contribution >= 0.6 is 15.9 Å². The Kier molecular flexibility index (Phi) is 3.10. The molecule has 0 unspecified atom stereocenters. The van der Waals surface area contributed by atoms with Crippen molar-refractivity contribution in [3.63, 3.8) is 0 Å². The minimum Gasteiger partial charge on any atom is -0.334 e. The van der Waals surface area contributed by atoms with E-state index in [4.69, 9.17) is 0 Å². The molecular formula is C12H14BrNO. The fraction of sp³-hybridized carbons (Fsp3) is 0.417. The minimum atomic E-state index is 0.180. The van der Waals surface area contributed by atoms with Gasteiger partial charge in [-0.05, 0) is 24.1 Å². The monoisotopic (exact) mass is 267 g/mol. The molecule has 0 atom stereocenters. The number of hydrogen-bond donors (Lipinski definition) is 0. The van der Waals surface area contributed by atoms with Gasteiger partial charge in [-0.3, -0.25) is 4.79 Å². The third-order valence-electron chi connectivity index (χ3n) is 2.77. The number of carbonyl (C=O) groups excluding carboxylic acids is 1. The van der Waals surface area contributed by atoms with Crippen LogP contribution in [-0.4, -0.2) is 17.4 Å². The molecule has 1 aliphatic heterocycles. The summed E-state index contributed by atoms with van der Waals surface area (Å²) in [6.45, 7) is 3.77. The Morgan fingerprint density at radius 3 is 2.93 bits per heavy atom. The van der Waals surface area contributed by atoms with Gasteiger partial charge in [0.1, 0.15) is 0 Å². The molecule has 2 nitrogen and oxygen atoms in total. The van der Waals surface area contributed by atoms with E-state index < -0.39 is 0 Å². The first-order chi connectivity index (χ1) is 7.24. The molecule has 0 saturated heterocycles. The number of fused-ring (bicyclic) bond motifs is 1. The Bertz CT molecular complexity index is 389. The number of amides is 1. The van der Waals surface area contributed by atoms with E-state index >= 15 is 0 Å². The molecule has 0 aliphatic carbocycles. The molecule has 15 heavy (non-hydrogen) atoms. The number of benzene rings is 1. The molecule has 0 saturated carbocycles. The van der Waals surface area contributed by atoms with E-state index in [0.29, 0.717) is 0 Å². The van der Waals surface area contributed by atoms with Crippen LogP contribution in [0, 0.1) is 0 Å². The maximum absolute atomic E-state index is 12.0. The average molecular weight is 268 g/mol. The van der Waals surface area contributed by atoms with E-state index in [1.165, 1.54) is 0 Å². The molecule has 0 aromatic heterocycles. The second kappa shape index (κ2) is 4.35. The Balaban J connectivity index is 2.22. The zero-order valence-electron chi connectivity index (χ0n) is 8.79. The molecule has 0 radical (unpaired) electrons. The number of nitrogens with zero attached hydrogens (tertiary/aromatic N) is 1. The first kappa shape index (κ1) is 10.7. The average Bonchev–Trinajstić information content (AvgIpc) is 2.55. The van der Waals surface area contributed by atoms with E-state index in [-0.39, 0.29) is 5.91 Å². The van der Waals surface area contributed by atoms with Crippen LogP contribution in [-0.2, 0) is 6.54 Å². The number of rotatable bonds is 3. The topological polar surface area (TPSA) is 20.3 Å². The summed E-state index contributed by atoms with van der Waals surface area (Å²) in [6.07, 6.45) is 2.21. The summed E-state index contributed by atoms with van der Waals surface area (Å²) < 4.78 is 1.05. The van der Waals surface area contributed by atoms with Crippen LogP contribution in [0.15, 0.2) is 22.7 Å². The summed E-state index contributed by atoms with van der Waals surface area (Å²) in [4.78, 5) is 13.9. The summed E-state index contributed by atoms with van der Waals surface area (Å²) in [5, 5.41) is 0. The smallest absolute Gasteiger partial charge is 0.254 e. The predicted octanol–water partition coefficient (Wildman–Crippen LogP) is 3.21. The highest BCUT2D eigenvalue weighted by atomic mass is 79.9. The number of carbonyl (C=O) groups is 1. The fourth-order valence-corrected chi connectivity index (χ4v) is 2.37. The van der Waals surface area contributed by atoms with Gasteiger partial charge in [-0.2, -0.15) is 0 Å². The molecule has 1 aromatic carbocycles. The van der Waals surface area contributed by atoms with Gasteiger partial charge >= 0.3 is 0 Å². The van der Waals surface area contributed by atoms with Crippen LogP contribution in [0.3, 0.4) is 0 Å². The van der Waals surface area contributed by atoms with Crippen molar-refractivity contribution in [2.24, 2.45) is 0 Å². The second-order valence-electron chi connectivity index (χ2n) is 3.85. The second-order valence-corrected chi connectivity index (χ2v) is 4.70. The third kappa shape index (κ3) is 1.93. The quantitative estimate of drug-likeness (QED) is 0.824. The van der Waals surface area contributed by atoms with Gasteiger partial charge in [-0.1, -0.05) is 35.3 Å². The predicted molar refractivity (Wildman–Crippen MR) is 63.8 cm³/mol. The molecular weight excluding hydrogens is 254 g/mol. The number of hydrogen-bond acceptors (Lipinski definition) is 1. The van der Waals surface area contributed by atoms with E-state index in [9.17, 15) is 4.79 Å². The van der Waals surface area contributed by atoms with Crippen LogP contribution < -0.4 is 0 Å². The summed E-state index contributed by atoms with van der Waals surface area (Å²) in [5.41, 5.74) is 2.00. The van der Waals surface area contributed by atoms with Crippen LogP contribution in [0.1, 0.15) is 35.7 Å². The molecule has 0 N–H and O–H groups in total. The maximum atomic E-state index is 12.0. The molecule has 1 heterocycles. The van der Waals surface area contributed by atoms with Gasteiger partial charge in [0.15, 0.2) is 0 Å². The first-order valence-corrected chi connectivity index (χ1v) is 6.10. The normalized spacial score (nSPS) is 14.5. The summed E-state index contributed by atoms with van der Waals surface area (Å²) in [5.74, 6) is 0.180. The van der Waals surface area contributed by atoms with Crippen molar-refractivity contribution < 1.29 is 4.79 Å². The highest BCUT2D eigenvalue weighted by Gasteiger charge is 2.27. The van der Waals surface area contributed by atoms with Gasteiger partial charge in [0.25, 0.3) is 5.91 Å². The standard InChI is InChI=1S/C12H14BrNO/c1-2-3-7-14-8-10-9(12(14)15)5-4-6-11(10)13/h4-6H,2-3,7-8H2,1H3. The van der Waals surface area contributed by atoms with Gasteiger partial charge in [-0.25, -0.2) is 0 Å². The molecule has 80 valence electrons. The lowest BCUT2D eigenvalue weighted by Crippen LogP contribution is -2.24. The fourth-order valence-electron chi connectivity index (χ4n) is 1.88. The summed E-state index contributed by atoms with van der Waals surface area (Å²) in [6, 6.07) is 5.83. The lowest BCUT2D eigenvalue weighted by molar-refractivity contribution is 0.0776. The van der Waals surface area contributed by atoms with Crippen molar-refractivity contribution in [1.82, 2.24) is 4.90 Å². The van der Waals surface area contributed by atoms with Crippen molar-refractivity contribution in [2.45, 2.75) is 26.3 Å². The Labute approximate surface area is 98.4 Å². The number of halogens is 1. The maximum Gasteiger partial charge on any atom is 0.254 e. The summed E-state index contributed by atoms with van der Waals surface area (Å²) >= 11 is 3.49. The van der Waals surface area contributed by atoms with Gasteiger partial charge in [0.2, 0.25) is 0 Å². The van der Waals surface area contributed by atoms with E-state index in [1.807, 2.05) is 23.1 Å². The van der Waals surface area contributed by atoms with Gasteiger partial charge in [0.05, 0.1) is 0 Å². The van der Waals surface area contributed by atoms with Crippen LogP contribution in [0.4, 0.5) is 0 Å². The Hall–Kier alpha value is -0.830. The van der Waals surface area contributed by atoms with Gasteiger partial charge in [-0.15, -0.1) is 0 Å². The lowest BCUT2D eigenvalue weighted by atomic mass is 10.1. The molecule has 0 bridgehead atoms. The van der Waals surface area contributed by atoms with Crippen LogP contribution in [0.5, 0.6) is 0 Å². The molecule has 0 spiro atoms. The molecule has 2 rings (SSSR count). The Morgan fingerprint density at radius 1 is 1.47 bits per heavy atom. The van der Waals surface area contributed by atoms with Crippen LogP contribution in [0.2, 0.25) is 0 Å². The zero-order chi connectivity index (χ0) is 10.8. The van der Waals surface area contributed by atoms with E-state index in [0.717, 1.165) is 41.5 Å². The third-order valence-corrected chi connectivity index (χ3v) is 3.51. The molecule has 1 amide bonds. The van der Waals surface area contributed by atoms with E-state index in [2.05, 4.69) is 22.9 Å². The molecule has 3 heteroatoms.